The zero-order valence-corrected chi connectivity index (χ0v) is 27.0. The fourth-order valence-corrected chi connectivity index (χ4v) is 7.19. The topological polar surface area (TPSA) is 147 Å². The number of hydrogen-bond donors (Lipinski definition) is 0. The molecule has 0 saturated heterocycles. The monoisotopic (exact) mass is 665 g/mol. The van der Waals surface area contributed by atoms with Crippen molar-refractivity contribution in [1.82, 2.24) is 4.57 Å². The van der Waals surface area contributed by atoms with Crippen LogP contribution in [0.1, 0.15) is 36.6 Å². The van der Waals surface area contributed by atoms with Gasteiger partial charge in [0.15, 0.2) is 4.80 Å². The summed E-state index contributed by atoms with van der Waals surface area (Å²) in [6.07, 6.45) is 3.60. The first-order chi connectivity index (χ1) is 21.4. The highest BCUT2D eigenvalue weighted by atomic mass is 32.2. The maximum Gasteiger partial charge on any atom is 0.339 e. The second kappa shape index (κ2) is 12.8. The number of aromatic nitrogens is 1. The molecular formula is C31H27N3O8S3. The summed E-state index contributed by atoms with van der Waals surface area (Å²) in [7, 11) is -4.35. The number of carbonyl (C=O) groups excluding carboxylic acids is 1. The van der Waals surface area contributed by atoms with Crippen molar-refractivity contribution in [3.05, 3.63) is 124 Å². The molecule has 4 aromatic rings. The molecule has 14 heteroatoms. The average molecular weight is 666 g/mol. The Kier molecular flexibility index (Phi) is 9.09. The SMILES string of the molecule is CCOC(=O)C1=C(C)N=c2s/c(=C\c3ccc(OS(=O)(=O)c4ccc(C)c([N+](=O)[O-])c4)cc3)c(=O)n2[C@@H]1c1ccc(SC)cc1. The minimum atomic E-state index is -4.35. The lowest BCUT2D eigenvalue weighted by atomic mass is 9.96. The first-order valence-electron chi connectivity index (χ1n) is 13.6. The number of ether oxygens (including phenoxy) is 1. The Bertz CT molecular complexity index is 2130. The van der Waals surface area contributed by atoms with Gasteiger partial charge in [-0.25, -0.2) is 9.79 Å². The van der Waals surface area contributed by atoms with E-state index in [4.69, 9.17) is 8.92 Å². The number of esters is 1. The summed E-state index contributed by atoms with van der Waals surface area (Å²) in [5.41, 5.74) is 1.70. The van der Waals surface area contributed by atoms with Crippen molar-refractivity contribution in [3.8, 4) is 5.75 Å². The minimum absolute atomic E-state index is 0.0137. The molecule has 0 amide bonds. The summed E-state index contributed by atoms with van der Waals surface area (Å²) in [4.78, 5) is 43.2. The largest absolute Gasteiger partial charge is 0.463 e. The molecular weight excluding hydrogens is 639 g/mol. The van der Waals surface area contributed by atoms with Crippen LogP contribution in [-0.4, -0.2) is 36.7 Å². The van der Waals surface area contributed by atoms with Gasteiger partial charge in [-0.2, -0.15) is 8.42 Å². The lowest BCUT2D eigenvalue weighted by Gasteiger charge is -2.24. The Morgan fingerprint density at radius 3 is 2.42 bits per heavy atom. The first kappa shape index (κ1) is 31.9. The minimum Gasteiger partial charge on any atom is -0.463 e. The van der Waals surface area contributed by atoms with E-state index in [1.807, 2.05) is 30.5 Å². The molecule has 3 aromatic carbocycles. The molecule has 11 nitrogen and oxygen atoms in total. The van der Waals surface area contributed by atoms with Crippen molar-refractivity contribution in [2.45, 2.75) is 36.6 Å². The summed E-state index contributed by atoms with van der Waals surface area (Å²) in [5.74, 6) is -0.557. The molecule has 1 aliphatic rings. The van der Waals surface area contributed by atoms with E-state index in [2.05, 4.69) is 4.99 Å². The van der Waals surface area contributed by atoms with Crippen LogP contribution >= 0.6 is 23.1 Å². The molecule has 0 unspecified atom stereocenters. The summed E-state index contributed by atoms with van der Waals surface area (Å²) in [6, 6.07) is 16.4. The van der Waals surface area contributed by atoms with E-state index in [9.17, 15) is 28.1 Å². The summed E-state index contributed by atoms with van der Waals surface area (Å²) in [5, 5.41) is 11.3. The summed E-state index contributed by atoms with van der Waals surface area (Å²) >= 11 is 2.74. The van der Waals surface area contributed by atoms with Gasteiger partial charge in [-0.1, -0.05) is 41.7 Å². The van der Waals surface area contributed by atoms with Gasteiger partial charge in [0, 0.05) is 16.5 Å². The van der Waals surface area contributed by atoms with Gasteiger partial charge in [-0.15, -0.1) is 11.8 Å². The predicted molar refractivity (Wildman–Crippen MR) is 171 cm³/mol. The fraction of sp³-hybridized carbons (Fsp3) is 0.194. The molecule has 0 radical (unpaired) electrons. The van der Waals surface area contributed by atoms with Crippen LogP contribution in [0, 0.1) is 17.0 Å². The van der Waals surface area contributed by atoms with Crippen molar-refractivity contribution in [1.29, 1.82) is 0 Å². The van der Waals surface area contributed by atoms with Crippen molar-refractivity contribution in [3.63, 3.8) is 0 Å². The lowest BCUT2D eigenvalue weighted by molar-refractivity contribution is -0.385. The Morgan fingerprint density at radius 1 is 1.11 bits per heavy atom. The van der Waals surface area contributed by atoms with Crippen LogP contribution in [0.3, 0.4) is 0 Å². The first-order valence-corrected chi connectivity index (χ1v) is 17.0. The van der Waals surface area contributed by atoms with E-state index in [1.165, 1.54) is 47.1 Å². The van der Waals surface area contributed by atoms with Crippen LogP contribution < -0.4 is 19.1 Å². The molecule has 2 heterocycles. The van der Waals surface area contributed by atoms with E-state index < -0.39 is 27.1 Å². The highest BCUT2D eigenvalue weighted by molar-refractivity contribution is 7.98. The smallest absolute Gasteiger partial charge is 0.339 e. The normalized spacial score (nSPS) is 14.9. The molecule has 0 N–H and O–H groups in total. The van der Waals surface area contributed by atoms with E-state index >= 15 is 0 Å². The lowest BCUT2D eigenvalue weighted by Crippen LogP contribution is -2.39. The molecule has 1 aromatic heterocycles. The maximum atomic E-state index is 13.8. The Balaban J connectivity index is 1.50. The molecule has 45 heavy (non-hydrogen) atoms. The zero-order valence-electron chi connectivity index (χ0n) is 24.5. The highest BCUT2D eigenvalue weighted by Gasteiger charge is 2.33. The standard InChI is InChI=1S/C31H27N3O8S3/c1-5-41-30(36)27-19(3)32-31-33(28(27)21-9-13-23(43-4)14-10-21)29(35)26(44-31)16-20-7-11-22(12-8-20)42-45(39,40)24-15-6-18(2)25(17-24)34(37)38/h6-17,28H,5H2,1-4H3/b26-16-/t28-/m1/s1. The molecule has 5 rings (SSSR count). The second-order valence-corrected chi connectivity index (χ2v) is 13.3. The number of rotatable bonds is 9. The number of nitrogens with zero attached hydrogens (tertiary/aromatic N) is 3. The molecule has 1 atom stereocenters. The van der Waals surface area contributed by atoms with E-state index in [0.29, 0.717) is 26.2 Å². The van der Waals surface area contributed by atoms with Gasteiger partial charge in [-0.3, -0.25) is 19.5 Å². The van der Waals surface area contributed by atoms with Crippen LogP contribution in [0.5, 0.6) is 5.75 Å². The summed E-state index contributed by atoms with van der Waals surface area (Å²) in [6.45, 7) is 5.11. The van der Waals surface area contributed by atoms with Crippen molar-refractivity contribution in [2.24, 2.45) is 4.99 Å². The Hall–Kier alpha value is -4.53. The third-order valence-electron chi connectivity index (χ3n) is 7.00. The quantitative estimate of drug-likeness (QED) is 0.0829. The number of allylic oxidation sites excluding steroid dienone is 1. The molecule has 0 spiro atoms. The average Bonchev–Trinajstić information content (AvgIpc) is 3.31. The zero-order chi connectivity index (χ0) is 32.5. The fourth-order valence-electron chi connectivity index (χ4n) is 4.78. The Morgan fingerprint density at radius 2 is 1.80 bits per heavy atom. The number of nitro groups is 1. The number of hydrogen-bond acceptors (Lipinski definition) is 11. The third-order valence-corrected chi connectivity index (χ3v) is 9.97. The van der Waals surface area contributed by atoms with Crippen LogP contribution in [0.15, 0.2) is 97.6 Å². The summed E-state index contributed by atoms with van der Waals surface area (Å²) < 4.78 is 38.0. The predicted octanol–water partition coefficient (Wildman–Crippen LogP) is 4.50. The van der Waals surface area contributed by atoms with E-state index in [-0.39, 0.29) is 34.1 Å². The molecule has 0 bridgehead atoms. The highest BCUT2D eigenvalue weighted by Crippen LogP contribution is 2.32. The van der Waals surface area contributed by atoms with Crippen molar-refractivity contribution >= 4 is 50.9 Å². The molecule has 1 aliphatic heterocycles. The third kappa shape index (κ3) is 6.48. The van der Waals surface area contributed by atoms with Gasteiger partial charge < -0.3 is 8.92 Å². The van der Waals surface area contributed by atoms with Crippen LogP contribution in [0.2, 0.25) is 0 Å². The molecule has 0 saturated carbocycles. The number of fused-ring (bicyclic) bond motifs is 1. The number of thiazole rings is 1. The van der Waals surface area contributed by atoms with Crippen LogP contribution in [-0.2, 0) is 19.6 Å². The Labute approximate surface area is 266 Å². The molecule has 232 valence electrons. The maximum absolute atomic E-state index is 13.8. The van der Waals surface area contributed by atoms with Crippen LogP contribution in [0.4, 0.5) is 5.69 Å². The van der Waals surface area contributed by atoms with Gasteiger partial charge in [0.25, 0.3) is 11.2 Å². The second-order valence-electron chi connectivity index (χ2n) is 9.89. The number of carbonyl (C=O) groups is 1. The number of nitro benzene ring substituents is 1. The van der Waals surface area contributed by atoms with Gasteiger partial charge >= 0.3 is 16.1 Å². The van der Waals surface area contributed by atoms with Crippen molar-refractivity contribution in [2.75, 3.05) is 12.9 Å². The van der Waals surface area contributed by atoms with Gasteiger partial charge in [0.05, 0.1) is 33.4 Å². The number of aryl methyl sites for hydroxylation is 1. The number of benzene rings is 3. The van der Waals surface area contributed by atoms with Crippen molar-refractivity contribution < 1.29 is 27.1 Å². The van der Waals surface area contributed by atoms with E-state index in [1.54, 1.807) is 43.8 Å². The van der Waals surface area contributed by atoms with Gasteiger partial charge in [0.1, 0.15) is 10.6 Å². The molecule has 0 fully saturated rings. The van der Waals surface area contributed by atoms with Gasteiger partial charge in [-0.05, 0) is 74.6 Å². The van der Waals surface area contributed by atoms with Gasteiger partial charge in [0.2, 0.25) is 0 Å². The number of thioether (sulfide) groups is 1. The van der Waals surface area contributed by atoms with E-state index in [0.717, 1.165) is 16.5 Å². The van der Waals surface area contributed by atoms with Crippen LogP contribution in [0.25, 0.3) is 6.08 Å². The molecule has 0 aliphatic carbocycles.